The number of likely N-dealkylation sites (N-methyl/N-ethyl adjacent to an activating group) is 1. The molecule has 9 heteroatoms. The summed E-state index contributed by atoms with van der Waals surface area (Å²) < 4.78 is 23.7. The van der Waals surface area contributed by atoms with Crippen molar-refractivity contribution in [3.05, 3.63) is 97.2 Å². The van der Waals surface area contributed by atoms with E-state index in [4.69, 9.17) is 9.05 Å². The first-order chi connectivity index (χ1) is 36.5. The first-order valence-corrected chi connectivity index (χ1v) is 32.6. The van der Waals surface area contributed by atoms with Crippen molar-refractivity contribution in [3.8, 4) is 0 Å². The Morgan fingerprint density at radius 3 is 1.23 bits per heavy atom. The molecule has 0 aromatic rings. The van der Waals surface area contributed by atoms with Crippen LogP contribution in [0.4, 0.5) is 0 Å². The van der Waals surface area contributed by atoms with Gasteiger partial charge in [-0.05, 0) is 83.5 Å². The fourth-order valence-corrected chi connectivity index (χ4v) is 9.45. The molecular formula is C66H120N2O6P+. The molecule has 0 aromatic carbocycles. The van der Waals surface area contributed by atoms with Crippen LogP contribution < -0.4 is 5.32 Å². The van der Waals surface area contributed by atoms with E-state index >= 15 is 0 Å². The normalized spacial score (nSPS) is 14.5. The Morgan fingerprint density at radius 1 is 0.467 bits per heavy atom. The van der Waals surface area contributed by atoms with Crippen molar-refractivity contribution in [2.75, 3.05) is 40.9 Å². The third kappa shape index (κ3) is 58.9. The highest BCUT2D eigenvalue weighted by Gasteiger charge is 2.27. The molecule has 3 atom stereocenters. The van der Waals surface area contributed by atoms with Gasteiger partial charge in [-0.3, -0.25) is 13.8 Å². The zero-order valence-corrected chi connectivity index (χ0v) is 50.4. The molecule has 0 radical (unpaired) electrons. The average Bonchev–Trinajstić information content (AvgIpc) is 3.37. The summed E-state index contributed by atoms with van der Waals surface area (Å²) in [6, 6.07) is -0.868. The highest BCUT2D eigenvalue weighted by molar-refractivity contribution is 7.47. The number of allylic oxidation sites excluding steroid dienone is 15. The minimum absolute atomic E-state index is 0.0536. The van der Waals surface area contributed by atoms with Gasteiger partial charge in [-0.1, -0.05) is 272 Å². The quantitative estimate of drug-likeness (QED) is 0.0243. The summed E-state index contributed by atoms with van der Waals surface area (Å²) in [5.74, 6) is -0.188. The number of amides is 1. The second-order valence-electron chi connectivity index (χ2n) is 22.0. The third-order valence-electron chi connectivity index (χ3n) is 13.5. The molecule has 3 N–H and O–H groups in total. The Balaban J connectivity index is 4.11. The zero-order chi connectivity index (χ0) is 54.9. The number of quaternary nitrogens is 1. The first-order valence-electron chi connectivity index (χ1n) is 31.1. The summed E-state index contributed by atoms with van der Waals surface area (Å²) in [5, 5.41) is 13.9. The maximum absolute atomic E-state index is 13.0. The SMILES string of the molecule is CC/C=C\C/C=C\C/C=C\C/C=C\C/C=C\C/C=C\CCCCCCCCCCCCCCCCCCC(=O)NC(COP(=O)(O)OCC[N+](C)(C)C)C(O)/C=C/CC/C=C/CCCCCCCCCCCCCC. The van der Waals surface area contributed by atoms with E-state index in [1.165, 1.54) is 167 Å². The molecule has 0 fully saturated rings. The van der Waals surface area contributed by atoms with Gasteiger partial charge < -0.3 is 19.8 Å². The van der Waals surface area contributed by atoms with Gasteiger partial charge in [0, 0.05) is 6.42 Å². The second-order valence-corrected chi connectivity index (χ2v) is 23.5. The van der Waals surface area contributed by atoms with Crippen molar-refractivity contribution < 1.29 is 32.9 Å². The molecule has 3 unspecified atom stereocenters. The number of hydrogen-bond donors (Lipinski definition) is 3. The largest absolute Gasteiger partial charge is 0.472 e. The van der Waals surface area contributed by atoms with Gasteiger partial charge in [-0.15, -0.1) is 0 Å². The van der Waals surface area contributed by atoms with Crippen LogP contribution in [0.5, 0.6) is 0 Å². The molecule has 0 saturated carbocycles. The molecule has 0 aliphatic rings. The molecule has 0 aliphatic heterocycles. The van der Waals surface area contributed by atoms with Crippen LogP contribution in [0.3, 0.4) is 0 Å². The number of carbonyl (C=O) groups excluding carboxylic acids is 1. The minimum Gasteiger partial charge on any atom is -0.387 e. The Hall–Kier alpha value is -2.58. The lowest BCUT2D eigenvalue weighted by Gasteiger charge is -2.25. The summed E-state index contributed by atoms with van der Waals surface area (Å²) in [6.07, 6.45) is 81.0. The van der Waals surface area contributed by atoms with Crippen LogP contribution in [-0.2, 0) is 18.4 Å². The maximum atomic E-state index is 13.0. The molecular weight excluding hydrogens is 948 g/mol. The number of aliphatic hydroxyl groups is 1. The molecule has 75 heavy (non-hydrogen) atoms. The molecule has 0 aromatic heterocycles. The molecule has 0 saturated heterocycles. The van der Waals surface area contributed by atoms with E-state index in [0.29, 0.717) is 17.4 Å². The molecule has 8 nitrogen and oxygen atoms in total. The first kappa shape index (κ1) is 72.4. The number of rotatable bonds is 56. The van der Waals surface area contributed by atoms with Crippen LogP contribution in [0.1, 0.15) is 264 Å². The molecule has 0 bridgehead atoms. The lowest BCUT2D eigenvalue weighted by atomic mass is 10.0. The van der Waals surface area contributed by atoms with Crippen molar-refractivity contribution in [3.63, 3.8) is 0 Å². The van der Waals surface area contributed by atoms with Gasteiger partial charge in [0.25, 0.3) is 0 Å². The maximum Gasteiger partial charge on any atom is 0.472 e. The zero-order valence-electron chi connectivity index (χ0n) is 49.5. The molecule has 0 spiro atoms. The van der Waals surface area contributed by atoms with Crippen LogP contribution in [0.2, 0.25) is 0 Å². The lowest BCUT2D eigenvalue weighted by Crippen LogP contribution is -2.45. The van der Waals surface area contributed by atoms with Gasteiger partial charge in [0.15, 0.2) is 0 Å². The molecule has 1 amide bonds. The van der Waals surface area contributed by atoms with Crippen LogP contribution in [0.25, 0.3) is 0 Å². The van der Waals surface area contributed by atoms with Gasteiger partial charge in [0.05, 0.1) is 39.9 Å². The summed E-state index contributed by atoms with van der Waals surface area (Å²) in [7, 11) is 1.55. The highest BCUT2D eigenvalue weighted by Crippen LogP contribution is 2.43. The Labute approximate surface area is 464 Å². The summed E-state index contributed by atoms with van der Waals surface area (Å²) >= 11 is 0. The van der Waals surface area contributed by atoms with Gasteiger partial charge >= 0.3 is 7.82 Å². The van der Waals surface area contributed by atoms with Crippen LogP contribution in [-0.4, -0.2) is 73.4 Å². The number of unbranched alkanes of at least 4 members (excludes halogenated alkanes) is 29. The van der Waals surface area contributed by atoms with Crippen molar-refractivity contribution in [2.45, 2.75) is 276 Å². The van der Waals surface area contributed by atoms with Gasteiger partial charge in [-0.25, -0.2) is 4.57 Å². The van der Waals surface area contributed by atoms with Gasteiger partial charge in [-0.2, -0.15) is 0 Å². The van der Waals surface area contributed by atoms with Crippen molar-refractivity contribution in [2.24, 2.45) is 0 Å². The summed E-state index contributed by atoms with van der Waals surface area (Å²) in [4.78, 5) is 23.3. The van der Waals surface area contributed by atoms with Crippen molar-refractivity contribution in [1.82, 2.24) is 5.32 Å². The predicted octanol–water partition coefficient (Wildman–Crippen LogP) is 19.4. The smallest absolute Gasteiger partial charge is 0.387 e. The number of hydrogen-bond acceptors (Lipinski definition) is 5. The van der Waals surface area contributed by atoms with E-state index in [2.05, 4.69) is 104 Å². The summed E-state index contributed by atoms with van der Waals surface area (Å²) in [5.41, 5.74) is 0. The molecule has 434 valence electrons. The number of phosphoric acid groups is 1. The van der Waals surface area contributed by atoms with E-state index in [9.17, 15) is 19.4 Å². The van der Waals surface area contributed by atoms with Crippen LogP contribution >= 0.6 is 7.82 Å². The van der Waals surface area contributed by atoms with E-state index in [-0.39, 0.29) is 19.1 Å². The number of carbonyl (C=O) groups is 1. The third-order valence-corrected chi connectivity index (χ3v) is 14.5. The summed E-state index contributed by atoms with van der Waals surface area (Å²) in [6.45, 7) is 4.69. The van der Waals surface area contributed by atoms with E-state index in [0.717, 1.165) is 77.0 Å². The monoisotopic (exact) mass is 1070 g/mol. The van der Waals surface area contributed by atoms with Gasteiger partial charge in [0.2, 0.25) is 5.91 Å². The Morgan fingerprint density at radius 2 is 0.813 bits per heavy atom. The number of nitrogens with one attached hydrogen (secondary N) is 1. The Kier molecular flexibility index (Phi) is 54.2. The second kappa shape index (κ2) is 56.2. The van der Waals surface area contributed by atoms with Crippen LogP contribution in [0, 0.1) is 0 Å². The number of aliphatic hydroxyl groups excluding tert-OH is 1. The predicted molar refractivity (Wildman–Crippen MR) is 327 cm³/mol. The topological polar surface area (TPSA) is 105 Å². The fourth-order valence-electron chi connectivity index (χ4n) is 8.71. The highest BCUT2D eigenvalue weighted by atomic mass is 31.2. The number of phosphoric ester groups is 1. The lowest BCUT2D eigenvalue weighted by molar-refractivity contribution is -0.870. The van der Waals surface area contributed by atoms with Crippen LogP contribution in [0.15, 0.2) is 97.2 Å². The molecule has 0 heterocycles. The molecule has 0 rings (SSSR count). The number of nitrogens with zero attached hydrogens (tertiary/aromatic N) is 1. The standard InChI is InChI=1S/C66H119N2O6P/c1-6-8-10-12-14-16-18-20-22-24-26-27-28-29-30-31-32-33-34-35-36-37-38-39-40-41-42-44-46-48-50-52-54-56-58-60-66(70)67-64(63-74-75(71,72)73-62-61-68(3,4)5)65(69)59-57-55-53-51-49-47-45-43-25-23-21-19-17-15-13-11-9-7-2/h8,10,14,16,20,22,26-27,29-30,32-33,49,51,57,59,64-65,69H,6-7,9,11-13,15,17-19,21,23-25,28,31,34-48,50,52-56,58,60-63H2,1-5H3,(H-,67,70,71,72)/p+1/b10-8-,16-14-,22-20-,27-26-,30-29-,33-32-,51-49+,59-57+. The van der Waals surface area contributed by atoms with Crippen molar-refractivity contribution in [1.29, 1.82) is 0 Å². The van der Waals surface area contributed by atoms with E-state index in [1.807, 2.05) is 27.2 Å². The fraction of sp³-hybridized carbons (Fsp3) is 0.742. The minimum atomic E-state index is -4.36. The van der Waals surface area contributed by atoms with E-state index in [1.54, 1.807) is 6.08 Å². The van der Waals surface area contributed by atoms with E-state index < -0.39 is 20.0 Å². The average molecular weight is 1070 g/mol. The molecule has 0 aliphatic carbocycles. The van der Waals surface area contributed by atoms with Gasteiger partial charge in [0.1, 0.15) is 13.2 Å². The Bertz CT molecular complexity index is 1540. The van der Waals surface area contributed by atoms with Crippen molar-refractivity contribution >= 4 is 13.7 Å².